The summed E-state index contributed by atoms with van der Waals surface area (Å²) in [7, 11) is 3.37. The number of nitrogens with one attached hydrogen (secondary N) is 2. The second kappa shape index (κ2) is 7.98. The number of nitriles is 1. The second-order valence-corrected chi connectivity index (χ2v) is 8.23. The molecule has 1 saturated carbocycles. The minimum atomic E-state index is -0.265. The van der Waals surface area contributed by atoms with Crippen LogP contribution in [0.5, 0.6) is 0 Å². The lowest BCUT2D eigenvalue weighted by Gasteiger charge is -2.12. The van der Waals surface area contributed by atoms with Gasteiger partial charge < -0.3 is 10.6 Å². The molecule has 3 heterocycles. The summed E-state index contributed by atoms with van der Waals surface area (Å²) in [5, 5.41) is 19.8. The molecule has 2 N–H and O–H groups in total. The topological polar surface area (TPSA) is 126 Å². The van der Waals surface area contributed by atoms with E-state index < -0.39 is 0 Å². The molecule has 3 aromatic heterocycles. The smallest absolute Gasteiger partial charge is 0.253 e. The molecule has 5 rings (SSSR count). The summed E-state index contributed by atoms with van der Waals surface area (Å²) in [4.78, 5) is 33.6. The highest BCUT2D eigenvalue weighted by Crippen LogP contribution is 2.40. The standard InChI is InChI=1S/C24H21N7O2/c1-26-24(33)21-11-28-22(30-23(32)13-3-4-13)17-6-14(5-16(17)21)19-9-27-10-20(18(19)7-25)15-8-29-31(2)12-15/h5,8-13H,3-4,6H2,1-2H3,(H,26,33)(H,28,30,32). The number of anilines is 1. The predicted octanol–water partition coefficient (Wildman–Crippen LogP) is 2.55. The van der Waals surface area contributed by atoms with Crippen molar-refractivity contribution in [3.8, 4) is 17.2 Å². The Balaban J connectivity index is 1.59. The van der Waals surface area contributed by atoms with Crippen LogP contribution in [0.3, 0.4) is 0 Å². The van der Waals surface area contributed by atoms with E-state index in [9.17, 15) is 14.9 Å². The molecule has 0 aromatic carbocycles. The number of pyridine rings is 2. The molecule has 0 saturated heterocycles. The zero-order valence-electron chi connectivity index (χ0n) is 18.2. The van der Waals surface area contributed by atoms with E-state index in [1.54, 1.807) is 30.3 Å². The first kappa shape index (κ1) is 20.6. The molecule has 3 aromatic rings. The van der Waals surface area contributed by atoms with Gasteiger partial charge in [0.2, 0.25) is 5.91 Å². The van der Waals surface area contributed by atoms with Crippen LogP contribution in [0.15, 0.2) is 31.0 Å². The number of aryl methyl sites for hydroxylation is 1. The highest BCUT2D eigenvalue weighted by Gasteiger charge is 2.32. The van der Waals surface area contributed by atoms with Crippen molar-refractivity contribution in [2.45, 2.75) is 19.3 Å². The summed E-state index contributed by atoms with van der Waals surface area (Å²) >= 11 is 0. The first-order valence-corrected chi connectivity index (χ1v) is 10.6. The van der Waals surface area contributed by atoms with Crippen LogP contribution >= 0.6 is 0 Å². The van der Waals surface area contributed by atoms with E-state index in [-0.39, 0.29) is 17.7 Å². The van der Waals surface area contributed by atoms with Crippen molar-refractivity contribution in [2.24, 2.45) is 13.0 Å². The fourth-order valence-electron chi connectivity index (χ4n) is 4.09. The van der Waals surface area contributed by atoms with Crippen molar-refractivity contribution in [1.29, 1.82) is 5.26 Å². The number of nitrogens with zero attached hydrogens (tertiary/aromatic N) is 5. The van der Waals surface area contributed by atoms with Crippen LogP contribution < -0.4 is 10.6 Å². The number of amides is 2. The summed E-state index contributed by atoms with van der Waals surface area (Å²) < 4.78 is 1.67. The lowest BCUT2D eigenvalue weighted by molar-refractivity contribution is -0.117. The summed E-state index contributed by atoms with van der Waals surface area (Å²) in [5.74, 6) is 0.166. The van der Waals surface area contributed by atoms with E-state index in [0.29, 0.717) is 40.1 Å². The van der Waals surface area contributed by atoms with Crippen LogP contribution in [0.25, 0.3) is 22.8 Å². The van der Waals surface area contributed by atoms with Gasteiger partial charge in [0.15, 0.2) is 0 Å². The van der Waals surface area contributed by atoms with Crippen LogP contribution in [0, 0.1) is 17.2 Å². The first-order valence-electron chi connectivity index (χ1n) is 10.6. The van der Waals surface area contributed by atoms with Crippen LogP contribution in [0.1, 0.15) is 45.5 Å². The molecule has 9 nitrogen and oxygen atoms in total. The van der Waals surface area contributed by atoms with Crippen LogP contribution in [-0.2, 0) is 18.3 Å². The number of hydrogen-bond acceptors (Lipinski definition) is 6. The number of carbonyl (C=O) groups is 2. The third kappa shape index (κ3) is 3.65. The highest BCUT2D eigenvalue weighted by molar-refractivity contribution is 6.05. The van der Waals surface area contributed by atoms with Crippen molar-refractivity contribution in [3.63, 3.8) is 0 Å². The van der Waals surface area contributed by atoms with Gasteiger partial charge in [-0.15, -0.1) is 0 Å². The average molecular weight is 439 g/mol. The van der Waals surface area contributed by atoms with Crippen LogP contribution in [-0.4, -0.2) is 38.6 Å². The number of carbonyl (C=O) groups excluding carboxylic acids is 2. The molecule has 0 radical (unpaired) electrons. The van der Waals surface area contributed by atoms with E-state index in [2.05, 4.69) is 31.8 Å². The Morgan fingerprint density at radius 3 is 2.64 bits per heavy atom. The molecule has 33 heavy (non-hydrogen) atoms. The number of aromatic nitrogens is 4. The number of rotatable bonds is 5. The molecule has 9 heteroatoms. The van der Waals surface area contributed by atoms with Crippen molar-refractivity contribution in [3.05, 3.63) is 58.8 Å². The molecule has 0 atom stereocenters. The Hall–Kier alpha value is -4.32. The quantitative estimate of drug-likeness (QED) is 0.629. The average Bonchev–Trinajstić information content (AvgIpc) is 3.44. The summed E-state index contributed by atoms with van der Waals surface area (Å²) in [6.07, 6.45) is 12.4. The lowest BCUT2D eigenvalue weighted by Crippen LogP contribution is -2.21. The number of hydrogen-bond donors (Lipinski definition) is 2. The predicted molar refractivity (Wildman–Crippen MR) is 122 cm³/mol. The Morgan fingerprint density at radius 1 is 1.18 bits per heavy atom. The molecule has 2 amide bonds. The van der Waals surface area contributed by atoms with Gasteiger partial charge in [0.1, 0.15) is 11.9 Å². The third-order valence-electron chi connectivity index (χ3n) is 5.99. The minimum absolute atomic E-state index is 0.0282. The molecular formula is C24H21N7O2. The van der Waals surface area contributed by atoms with Crippen LogP contribution in [0.2, 0.25) is 0 Å². The third-order valence-corrected chi connectivity index (χ3v) is 5.99. The first-order chi connectivity index (χ1) is 16.0. The van der Waals surface area contributed by atoms with Gasteiger partial charge in [-0.25, -0.2) is 4.98 Å². The van der Waals surface area contributed by atoms with E-state index in [4.69, 9.17) is 0 Å². The van der Waals surface area contributed by atoms with Gasteiger partial charge in [-0.1, -0.05) is 0 Å². The Kier molecular flexibility index (Phi) is 4.98. The second-order valence-electron chi connectivity index (χ2n) is 8.23. The molecule has 0 aliphatic heterocycles. The highest BCUT2D eigenvalue weighted by atomic mass is 16.2. The van der Waals surface area contributed by atoms with Crippen molar-refractivity contribution in [1.82, 2.24) is 25.1 Å². The summed E-state index contributed by atoms with van der Waals surface area (Å²) in [5.41, 5.74) is 5.35. The monoisotopic (exact) mass is 439 g/mol. The largest absolute Gasteiger partial charge is 0.355 e. The van der Waals surface area contributed by atoms with Crippen molar-refractivity contribution >= 4 is 29.3 Å². The SMILES string of the molecule is CNC(=O)c1cnc(NC(=O)C2CC2)c2c1C=C(c1cncc(-c3cnn(C)c3)c1C#N)C2. The van der Waals surface area contributed by atoms with Crippen LogP contribution in [0.4, 0.5) is 5.82 Å². The molecule has 0 unspecified atom stereocenters. The number of fused-ring (bicyclic) bond motifs is 1. The zero-order chi connectivity index (χ0) is 23.1. The van der Waals surface area contributed by atoms with Gasteiger partial charge in [0.25, 0.3) is 5.91 Å². The van der Waals surface area contributed by atoms with E-state index >= 15 is 0 Å². The molecule has 1 fully saturated rings. The molecular weight excluding hydrogens is 418 g/mol. The maximum atomic E-state index is 12.5. The van der Waals surface area contributed by atoms with Crippen molar-refractivity contribution in [2.75, 3.05) is 12.4 Å². The zero-order valence-corrected chi connectivity index (χ0v) is 18.2. The maximum absolute atomic E-state index is 12.5. The molecule has 0 bridgehead atoms. The van der Waals surface area contributed by atoms with E-state index in [0.717, 1.165) is 29.5 Å². The van der Waals surface area contributed by atoms with Gasteiger partial charge in [0.05, 0.1) is 17.3 Å². The lowest BCUT2D eigenvalue weighted by atomic mass is 9.95. The molecule has 2 aliphatic carbocycles. The van der Waals surface area contributed by atoms with Gasteiger partial charge >= 0.3 is 0 Å². The Labute approximate surface area is 190 Å². The summed E-state index contributed by atoms with van der Waals surface area (Å²) in [6, 6.07) is 2.31. The summed E-state index contributed by atoms with van der Waals surface area (Å²) in [6.45, 7) is 0. The Bertz CT molecular complexity index is 1380. The normalized spacial score (nSPS) is 14.3. The van der Waals surface area contributed by atoms with Gasteiger partial charge in [-0.3, -0.25) is 19.3 Å². The fourth-order valence-corrected chi connectivity index (χ4v) is 4.09. The van der Waals surface area contributed by atoms with Gasteiger partial charge in [-0.05, 0) is 30.1 Å². The molecule has 2 aliphatic rings. The van der Waals surface area contributed by atoms with Gasteiger partial charge in [0, 0.05) is 73.5 Å². The molecule has 164 valence electrons. The van der Waals surface area contributed by atoms with E-state index in [1.807, 2.05) is 19.3 Å². The van der Waals surface area contributed by atoms with Crippen molar-refractivity contribution < 1.29 is 9.59 Å². The van der Waals surface area contributed by atoms with E-state index in [1.165, 1.54) is 6.20 Å². The fraction of sp³-hybridized carbons (Fsp3) is 0.250. The number of allylic oxidation sites excluding steroid dienone is 1. The minimum Gasteiger partial charge on any atom is -0.355 e. The maximum Gasteiger partial charge on any atom is 0.253 e. The molecule has 0 spiro atoms. The van der Waals surface area contributed by atoms with Gasteiger partial charge in [-0.2, -0.15) is 10.4 Å². The Morgan fingerprint density at radius 2 is 1.97 bits per heavy atom.